The summed E-state index contributed by atoms with van der Waals surface area (Å²) in [4.78, 5) is 16.8. The van der Waals surface area contributed by atoms with Gasteiger partial charge in [-0.05, 0) is 49.9 Å². The van der Waals surface area contributed by atoms with E-state index in [4.69, 9.17) is 4.42 Å². The molecule has 2 aliphatic rings. The van der Waals surface area contributed by atoms with E-state index in [1.165, 1.54) is 0 Å². The van der Waals surface area contributed by atoms with Crippen molar-refractivity contribution in [2.45, 2.75) is 25.8 Å². The van der Waals surface area contributed by atoms with Gasteiger partial charge in [0, 0.05) is 11.3 Å². The molecule has 1 saturated carbocycles. The van der Waals surface area contributed by atoms with Gasteiger partial charge in [0.05, 0.1) is 18.5 Å². The molecule has 1 unspecified atom stereocenters. The Labute approximate surface area is 133 Å². The number of rotatable bonds is 4. The third-order valence-electron chi connectivity index (χ3n) is 4.83. The molecule has 1 aliphatic heterocycles. The van der Waals surface area contributed by atoms with Crippen molar-refractivity contribution >= 4 is 17.2 Å². The highest BCUT2D eigenvalue weighted by Crippen LogP contribution is 2.58. The van der Waals surface area contributed by atoms with Crippen LogP contribution in [0.4, 0.5) is 0 Å². The van der Waals surface area contributed by atoms with Gasteiger partial charge in [0.2, 0.25) is 5.91 Å². The van der Waals surface area contributed by atoms with E-state index in [0.29, 0.717) is 6.54 Å². The zero-order chi connectivity index (χ0) is 15.0. The average Bonchev–Trinajstić information content (AvgIpc) is 2.96. The van der Waals surface area contributed by atoms with Gasteiger partial charge in [-0.2, -0.15) is 0 Å². The number of thiazole rings is 1. The minimum absolute atomic E-state index is 0.189. The summed E-state index contributed by atoms with van der Waals surface area (Å²) in [5, 5.41) is 9.24. The average molecular weight is 317 g/mol. The fourth-order valence-corrected chi connectivity index (χ4v) is 4.18. The first kappa shape index (κ1) is 14.0. The highest BCUT2D eigenvalue weighted by atomic mass is 32.1. The number of amides is 1. The minimum atomic E-state index is 0.189. The molecular formula is C16H19N3O2S. The van der Waals surface area contributed by atoms with Gasteiger partial charge >= 0.3 is 0 Å². The van der Waals surface area contributed by atoms with Crippen LogP contribution in [-0.2, 0) is 11.3 Å². The highest BCUT2D eigenvalue weighted by molar-refractivity contribution is 7.13. The molecule has 0 aromatic carbocycles. The van der Waals surface area contributed by atoms with Crippen LogP contribution < -0.4 is 10.6 Å². The number of hydrogen-bond acceptors (Lipinski definition) is 5. The molecule has 0 radical (unpaired) electrons. The van der Waals surface area contributed by atoms with Gasteiger partial charge in [0.25, 0.3) is 0 Å². The Morgan fingerprint density at radius 1 is 1.50 bits per heavy atom. The zero-order valence-corrected chi connectivity index (χ0v) is 13.1. The molecule has 1 spiro atoms. The topological polar surface area (TPSA) is 67.2 Å². The second kappa shape index (κ2) is 5.52. The molecular weight excluding hydrogens is 298 g/mol. The first-order valence-electron chi connectivity index (χ1n) is 7.74. The van der Waals surface area contributed by atoms with Gasteiger partial charge in [-0.1, -0.05) is 0 Å². The van der Waals surface area contributed by atoms with Crippen molar-refractivity contribution in [3.63, 3.8) is 0 Å². The predicted molar refractivity (Wildman–Crippen MR) is 84.3 cm³/mol. The standard InChI is InChI=1S/C16H19N3O2S/c20-14(12-8-16(12)3-5-17-6-4-16)18-9-11-10-22-15(19-11)13-2-1-7-21-13/h1-2,7,10,12,17H,3-6,8-9H2,(H,18,20). The molecule has 2 N–H and O–H groups in total. The molecule has 2 aromatic heterocycles. The van der Waals surface area contributed by atoms with Gasteiger partial charge in [-0.3, -0.25) is 4.79 Å². The summed E-state index contributed by atoms with van der Waals surface area (Å²) in [6, 6.07) is 3.75. The van der Waals surface area contributed by atoms with Gasteiger partial charge in [0.15, 0.2) is 10.8 Å². The molecule has 22 heavy (non-hydrogen) atoms. The lowest BCUT2D eigenvalue weighted by atomic mass is 9.92. The minimum Gasteiger partial charge on any atom is -0.462 e. The molecule has 4 rings (SSSR count). The monoisotopic (exact) mass is 317 g/mol. The zero-order valence-electron chi connectivity index (χ0n) is 12.3. The van der Waals surface area contributed by atoms with Crippen LogP contribution in [0.3, 0.4) is 0 Å². The Kier molecular flexibility index (Phi) is 3.50. The number of nitrogens with one attached hydrogen (secondary N) is 2. The Hall–Kier alpha value is -1.66. The molecule has 1 aliphatic carbocycles. The van der Waals surface area contributed by atoms with Gasteiger partial charge in [-0.15, -0.1) is 11.3 Å². The van der Waals surface area contributed by atoms with Crippen molar-refractivity contribution in [2.75, 3.05) is 13.1 Å². The van der Waals surface area contributed by atoms with E-state index in [-0.39, 0.29) is 17.2 Å². The maximum atomic E-state index is 12.3. The first-order valence-corrected chi connectivity index (χ1v) is 8.62. The molecule has 2 aromatic rings. The Morgan fingerprint density at radius 2 is 2.36 bits per heavy atom. The molecule has 3 heterocycles. The number of carbonyl (C=O) groups excluding carboxylic acids is 1. The third kappa shape index (κ3) is 2.57. The van der Waals surface area contributed by atoms with E-state index in [1.807, 2.05) is 17.5 Å². The Morgan fingerprint density at radius 3 is 3.14 bits per heavy atom. The van der Waals surface area contributed by atoms with Crippen molar-refractivity contribution in [2.24, 2.45) is 11.3 Å². The Balaban J connectivity index is 1.33. The molecule has 1 saturated heterocycles. The molecule has 0 bridgehead atoms. The Bertz CT molecular complexity index is 659. The van der Waals surface area contributed by atoms with Crippen LogP contribution in [0.2, 0.25) is 0 Å². The van der Waals surface area contributed by atoms with E-state index in [1.54, 1.807) is 17.6 Å². The number of nitrogens with zero attached hydrogens (tertiary/aromatic N) is 1. The quantitative estimate of drug-likeness (QED) is 0.909. The molecule has 116 valence electrons. The van der Waals surface area contributed by atoms with E-state index in [2.05, 4.69) is 15.6 Å². The number of aromatic nitrogens is 1. The number of hydrogen-bond donors (Lipinski definition) is 2. The summed E-state index contributed by atoms with van der Waals surface area (Å²) in [7, 11) is 0. The van der Waals surface area contributed by atoms with Crippen LogP contribution in [0.25, 0.3) is 10.8 Å². The van der Waals surface area contributed by atoms with Crippen molar-refractivity contribution in [1.29, 1.82) is 0 Å². The lowest BCUT2D eigenvalue weighted by molar-refractivity contribution is -0.123. The van der Waals surface area contributed by atoms with Crippen LogP contribution in [0.5, 0.6) is 0 Å². The van der Waals surface area contributed by atoms with Crippen molar-refractivity contribution in [3.8, 4) is 10.8 Å². The summed E-state index contributed by atoms with van der Waals surface area (Å²) >= 11 is 1.54. The largest absolute Gasteiger partial charge is 0.462 e. The lowest BCUT2D eigenvalue weighted by Gasteiger charge is -2.23. The van der Waals surface area contributed by atoms with Crippen molar-refractivity contribution in [3.05, 3.63) is 29.5 Å². The van der Waals surface area contributed by atoms with Gasteiger partial charge < -0.3 is 15.1 Å². The molecule has 2 fully saturated rings. The van der Waals surface area contributed by atoms with E-state index < -0.39 is 0 Å². The molecule has 1 amide bonds. The van der Waals surface area contributed by atoms with Crippen molar-refractivity contribution < 1.29 is 9.21 Å². The normalized spacial score (nSPS) is 22.6. The predicted octanol–water partition coefficient (Wildman–Crippen LogP) is 2.41. The highest BCUT2D eigenvalue weighted by Gasteiger charge is 2.57. The summed E-state index contributed by atoms with van der Waals surface area (Å²) in [5.41, 5.74) is 1.18. The maximum absolute atomic E-state index is 12.3. The van der Waals surface area contributed by atoms with Gasteiger partial charge in [-0.25, -0.2) is 4.98 Å². The molecule has 6 heteroatoms. The van der Waals surface area contributed by atoms with Crippen LogP contribution in [0.1, 0.15) is 25.0 Å². The first-order chi connectivity index (χ1) is 10.8. The van der Waals surface area contributed by atoms with Gasteiger partial charge in [0.1, 0.15) is 0 Å². The van der Waals surface area contributed by atoms with Crippen LogP contribution in [0, 0.1) is 11.3 Å². The van der Waals surface area contributed by atoms with Crippen molar-refractivity contribution in [1.82, 2.24) is 15.6 Å². The smallest absolute Gasteiger partial charge is 0.224 e. The number of piperidine rings is 1. The number of furan rings is 1. The fraction of sp³-hybridized carbons (Fsp3) is 0.500. The second-order valence-corrected chi connectivity index (χ2v) is 7.07. The summed E-state index contributed by atoms with van der Waals surface area (Å²) in [5.74, 6) is 1.17. The number of carbonyl (C=O) groups is 1. The summed E-state index contributed by atoms with van der Waals surface area (Å²) < 4.78 is 5.34. The van der Waals surface area contributed by atoms with Crippen LogP contribution >= 0.6 is 11.3 Å². The second-order valence-electron chi connectivity index (χ2n) is 6.21. The van der Waals surface area contributed by atoms with Crippen LogP contribution in [0.15, 0.2) is 28.2 Å². The van der Waals surface area contributed by atoms with E-state index in [9.17, 15) is 4.79 Å². The maximum Gasteiger partial charge on any atom is 0.224 e. The fourth-order valence-electron chi connectivity index (χ4n) is 3.40. The van der Waals surface area contributed by atoms with E-state index >= 15 is 0 Å². The lowest BCUT2D eigenvalue weighted by Crippen LogP contribution is -2.33. The third-order valence-corrected chi connectivity index (χ3v) is 5.74. The SMILES string of the molecule is O=C(NCc1csc(-c2ccco2)n1)C1CC12CCNCC2. The summed E-state index contributed by atoms with van der Waals surface area (Å²) in [6.07, 6.45) is 4.95. The molecule has 1 atom stereocenters. The molecule has 5 nitrogen and oxygen atoms in total. The van der Waals surface area contributed by atoms with Crippen LogP contribution in [-0.4, -0.2) is 24.0 Å². The summed E-state index contributed by atoms with van der Waals surface area (Å²) in [6.45, 7) is 2.59. The van der Waals surface area contributed by atoms with E-state index in [0.717, 1.165) is 48.8 Å².